The number of rotatable bonds is 14. The number of piperidine rings is 3. The lowest BCUT2D eigenvalue weighted by atomic mass is 9.60. The molecular weight excluding hydrogens is 961 g/mol. The van der Waals surface area contributed by atoms with Crippen LogP contribution in [0, 0.1) is 22.5 Å². The maximum absolute atomic E-state index is 17.4. The first-order valence-electron chi connectivity index (χ1n) is 27.0. The lowest BCUT2D eigenvalue weighted by molar-refractivity contribution is -0.136. The van der Waals surface area contributed by atoms with E-state index in [0.29, 0.717) is 101 Å². The van der Waals surface area contributed by atoms with Gasteiger partial charge in [0.05, 0.1) is 17.6 Å². The van der Waals surface area contributed by atoms with Gasteiger partial charge in [-0.3, -0.25) is 29.6 Å². The highest BCUT2D eigenvalue weighted by atomic mass is 19.1. The Balaban J connectivity index is 0.687. The largest absolute Gasteiger partial charge is 0.468 e. The second-order valence-electron chi connectivity index (χ2n) is 22.9. The Labute approximate surface area is 435 Å². The van der Waals surface area contributed by atoms with Crippen molar-refractivity contribution in [1.82, 2.24) is 35.0 Å². The molecule has 0 unspecified atom stereocenters. The van der Waals surface area contributed by atoms with Gasteiger partial charge >= 0.3 is 6.01 Å². The molecule has 7 heterocycles. The average molecular weight is 1030 g/mol. The number of halogens is 2. The van der Waals surface area contributed by atoms with Crippen LogP contribution in [0.3, 0.4) is 0 Å². The van der Waals surface area contributed by atoms with Gasteiger partial charge in [-0.15, -0.1) is 0 Å². The number of hydrogen-bond donors (Lipinski definition) is 2. The quantitative estimate of drug-likeness (QED) is 0.0862. The van der Waals surface area contributed by atoms with Crippen molar-refractivity contribution in [3.63, 3.8) is 0 Å². The minimum atomic E-state index is -0.963. The lowest BCUT2D eigenvalue weighted by Crippen LogP contribution is -2.59. The standard InChI is InChI=1S/C57H67F2N9O7/c1-4-40-44(58)9-6-35-25-39(75-34-73-3)26-42(47(35)40)49-48(59)50-43(29-60-49)51(67-17-5-12-55(2,72)31-67)63-54(62-50)74-33-57(13-14-57)32-64-18-15-56(16-19-64)27-38(28-56)66-22-20-65(21-23-66)37-7-8-41-36(24-37)30-68(53(41)71)45-10-11-46(69)61-52(45)70/h6-9,24-26,29,38,45,72H,4-5,10-23,27-28,30-34H2,1-3H3,(H,61,69,70)/t45-,55+/m0/s1. The summed E-state index contributed by atoms with van der Waals surface area (Å²) in [5.41, 5.74) is 2.94. The van der Waals surface area contributed by atoms with Crippen molar-refractivity contribution in [2.45, 2.75) is 109 Å². The summed E-state index contributed by atoms with van der Waals surface area (Å²) < 4.78 is 50.4. The number of imide groups is 1. The van der Waals surface area contributed by atoms with E-state index in [0.717, 1.165) is 76.3 Å². The molecule has 4 saturated heterocycles. The predicted octanol–water partition coefficient (Wildman–Crippen LogP) is 7.01. The van der Waals surface area contributed by atoms with Gasteiger partial charge in [0.2, 0.25) is 11.8 Å². The van der Waals surface area contributed by atoms with Crippen molar-refractivity contribution < 1.29 is 42.5 Å². The maximum Gasteiger partial charge on any atom is 0.319 e. The minimum absolute atomic E-state index is 0.00823. The maximum atomic E-state index is 17.4. The Bertz CT molecular complexity index is 3070. The van der Waals surface area contributed by atoms with E-state index in [9.17, 15) is 19.5 Å². The highest BCUT2D eigenvalue weighted by Crippen LogP contribution is 2.53. The molecular formula is C57H67F2N9O7. The second kappa shape index (κ2) is 19.5. The van der Waals surface area contributed by atoms with Crippen molar-refractivity contribution in [3.05, 3.63) is 77.0 Å². The molecule has 7 aliphatic rings. The number of fused-ring (bicyclic) bond motifs is 3. The normalized spacial score (nSPS) is 24.0. The zero-order chi connectivity index (χ0) is 51.8. The number of β-amino-alcohol motifs (C(OH)–C–C–N with tert-alkyl or cyclic N) is 1. The molecule has 5 aliphatic heterocycles. The molecule has 5 aromatic rings. The number of piperazine rings is 1. The number of methoxy groups -OCH3 is 1. The van der Waals surface area contributed by atoms with Crippen LogP contribution in [0.25, 0.3) is 32.9 Å². The van der Waals surface area contributed by atoms with Crippen molar-refractivity contribution in [1.29, 1.82) is 0 Å². The molecule has 3 amide bonds. The molecule has 2 saturated carbocycles. The molecule has 16 nitrogen and oxygen atoms in total. The highest BCUT2D eigenvalue weighted by Gasteiger charge is 2.51. The third-order valence-corrected chi connectivity index (χ3v) is 17.7. The number of benzene rings is 3. The van der Waals surface area contributed by atoms with E-state index in [1.165, 1.54) is 38.9 Å². The third kappa shape index (κ3) is 9.54. The summed E-state index contributed by atoms with van der Waals surface area (Å²) in [5, 5.41) is 15.2. The number of amides is 3. The number of aromatic nitrogens is 3. The van der Waals surface area contributed by atoms with Crippen LogP contribution in [-0.4, -0.2) is 150 Å². The Morgan fingerprint density at radius 2 is 1.68 bits per heavy atom. The predicted molar refractivity (Wildman–Crippen MR) is 279 cm³/mol. The topological polar surface area (TPSA) is 166 Å². The molecule has 0 radical (unpaired) electrons. The molecule has 0 bridgehead atoms. The van der Waals surface area contributed by atoms with Crippen molar-refractivity contribution in [2.75, 3.05) is 89.2 Å². The number of carbonyl (C=O) groups excluding carboxylic acids is 3. The molecule has 2 atom stereocenters. The highest BCUT2D eigenvalue weighted by molar-refractivity contribution is 6.06. The molecule has 2 N–H and O–H groups in total. The summed E-state index contributed by atoms with van der Waals surface area (Å²) in [7, 11) is 1.52. The van der Waals surface area contributed by atoms with Gasteiger partial charge in [-0.2, -0.15) is 9.97 Å². The average Bonchev–Trinajstić information content (AvgIpc) is 4.09. The van der Waals surface area contributed by atoms with Crippen LogP contribution in [0.2, 0.25) is 0 Å². The number of anilines is 2. The van der Waals surface area contributed by atoms with Crippen molar-refractivity contribution in [2.24, 2.45) is 10.8 Å². The molecule has 6 fully saturated rings. The molecule has 396 valence electrons. The monoisotopic (exact) mass is 1030 g/mol. The summed E-state index contributed by atoms with van der Waals surface area (Å²) in [6.45, 7) is 12.2. The van der Waals surface area contributed by atoms with Crippen molar-refractivity contribution in [3.8, 4) is 23.0 Å². The SMILES string of the molecule is CCc1c(F)ccc2cc(OCOC)cc(-c3ncc4c(N5CCC[C@@](C)(O)C5)nc(OCC5(CN6CCC7(CC6)CC(N6CCN(c8ccc9c(c8)CN([C@H]8CCC(=O)NC8=O)C9=O)CC6)C7)CC5)nc4c3F)c12. The van der Waals surface area contributed by atoms with Gasteiger partial charge in [-0.05, 0) is 148 Å². The minimum Gasteiger partial charge on any atom is -0.468 e. The van der Waals surface area contributed by atoms with E-state index in [4.69, 9.17) is 29.2 Å². The van der Waals surface area contributed by atoms with Crippen LogP contribution < -0.4 is 24.6 Å². The molecule has 18 heteroatoms. The summed E-state index contributed by atoms with van der Waals surface area (Å²) in [4.78, 5) is 63.2. The number of nitrogens with zero attached hydrogens (tertiary/aromatic N) is 8. The number of aliphatic hydroxyl groups is 1. The number of nitrogens with one attached hydrogen (secondary N) is 1. The van der Waals surface area contributed by atoms with Gasteiger partial charge in [-0.1, -0.05) is 13.0 Å². The molecule has 2 aromatic heterocycles. The van der Waals surface area contributed by atoms with E-state index in [2.05, 4.69) is 26.1 Å². The molecule has 12 rings (SSSR count). The number of aryl methyl sites for hydroxylation is 1. The Morgan fingerprint density at radius 1 is 0.880 bits per heavy atom. The van der Waals surface area contributed by atoms with Crippen LogP contribution >= 0.6 is 0 Å². The van der Waals surface area contributed by atoms with Crippen LogP contribution in [0.5, 0.6) is 11.8 Å². The molecule has 3 aromatic carbocycles. The second-order valence-corrected chi connectivity index (χ2v) is 22.9. The van der Waals surface area contributed by atoms with Gasteiger partial charge < -0.3 is 38.9 Å². The third-order valence-electron chi connectivity index (χ3n) is 17.7. The fourth-order valence-electron chi connectivity index (χ4n) is 13.3. The number of hydrogen-bond acceptors (Lipinski definition) is 14. The molecule has 1 spiro atoms. The van der Waals surface area contributed by atoms with Gasteiger partial charge in [0.15, 0.2) is 12.6 Å². The molecule has 2 aliphatic carbocycles. The van der Waals surface area contributed by atoms with Crippen LogP contribution in [0.4, 0.5) is 20.3 Å². The van der Waals surface area contributed by atoms with Gasteiger partial charge in [0.25, 0.3) is 5.91 Å². The smallest absolute Gasteiger partial charge is 0.319 e. The van der Waals surface area contributed by atoms with Gasteiger partial charge in [0, 0.05) is 100 Å². The first-order valence-corrected chi connectivity index (χ1v) is 27.0. The van der Waals surface area contributed by atoms with E-state index >= 15 is 8.78 Å². The first-order chi connectivity index (χ1) is 36.2. The zero-order valence-corrected chi connectivity index (χ0v) is 43.3. The fraction of sp³-hybridized carbons (Fsp3) is 0.544. The molecule has 75 heavy (non-hydrogen) atoms. The van der Waals surface area contributed by atoms with Gasteiger partial charge in [0.1, 0.15) is 34.6 Å². The summed E-state index contributed by atoms with van der Waals surface area (Å²) >= 11 is 0. The van der Waals surface area contributed by atoms with E-state index in [-0.39, 0.29) is 59.4 Å². The Hall–Kier alpha value is -6.08. The van der Waals surface area contributed by atoms with Crippen LogP contribution in [0.15, 0.2) is 48.7 Å². The first kappa shape index (κ1) is 49.8. The Morgan fingerprint density at radius 3 is 2.41 bits per heavy atom. The lowest BCUT2D eigenvalue weighted by Gasteiger charge is -2.56. The summed E-state index contributed by atoms with van der Waals surface area (Å²) in [6, 6.07) is 12.7. The number of pyridine rings is 1. The Kier molecular flexibility index (Phi) is 12.9. The number of likely N-dealkylation sites (tertiary alicyclic amines) is 1. The summed E-state index contributed by atoms with van der Waals surface area (Å²) in [5.74, 6) is -0.988. The van der Waals surface area contributed by atoms with E-state index in [1.54, 1.807) is 29.3 Å². The van der Waals surface area contributed by atoms with Crippen LogP contribution in [0.1, 0.15) is 99.5 Å². The number of ether oxygens (including phenoxy) is 3. The van der Waals surface area contributed by atoms with Gasteiger partial charge in [-0.25, -0.2) is 8.78 Å². The number of carbonyl (C=O) groups is 3. The van der Waals surface area contributed by atoms with Crippen LogP contribution in [-0.2, 0) is 27.3 Å². The van der Waals surface area contributed by atoms with E-state index in [1.807, 2.05) is 30.9 Å². The van der Waals surface area contributed by atoms with Crippen molar-refractivity contribution >= 4 is 50.9 Å². The summed E-state index contributed by atoms with van der Waals surface area (Å²) in [6.07, 6.45) is 10.8. The fourth-order valence-corrected chi connectivity index (χ4v) is 13.3. The zero-order valence-electron chi connectivity index (χ0n) is 43.3. The van der Waals surface area contributed by atoms with E-state index < -0.39 is 17.5 Å².